The van der Waals surface area contributed by atoms with Gasteiger partial charge in [-0.3, -0.25) is 19.4 Å². The highest BCUT2D eigenvalue weighted by molar-refractivity contribution is 6.39. The molecular formula is C34H34ClFN8O2. The molecule has 2 atom stereocenters. The molecule has 12 heteroatoms. The number of anilines is 2. The lowest BCUT2D eigenvalue weighted by molar-refractivity contribution is -0.128. The third-order valence-electron chi connectivity index (χ3n) is 9.29. The van der Waals surface area contributed by atoms with E-state index < -0.39 is 11.5 Å². The number of pyridine rings is 1. The largest absolute Gasteiger partial charge is 0.381 e. The van der Waals surface area contributed by atoms with Gasteiger partial charge in [-0.15, -0.1) is 0 Å². The van der Waals surface area contributed by atoms with E-state index in [-0.39, 0.29) is 40.0 Å². The highest BCUT2D eigenvalue weighted by atomic mass is 35.5. The van der Waals surface area contributed by atoms with Crippen molar-refractivity contribution in [1.82, 2.24) is 29.6 Å². The van der Waals surface area contributed by atoms with E-state index in [0.717, 1.165) is 16.6 Å². The van der Waals surface area contributed by atoms with Crippen LogP contribution in [0.4, 0.5) is 15.9 Å². The summed E-state index contributed by atoms with van der Waals surface area (Å²) in [4.78, 5) is 40.2. The van der Waals surface area contributed by atoms with Crippen molar-refractivity contribution in [3.8, 4) is 16.8 Å². The summed E-state index contributed by atoms with van der Waals surface area (Å²) in [5.41, 5.74) is 4.07. The number of piperazine rings is 1. The molecule has 7 rings (SSSR count). The Morgan fingerprint density at radius 2 is 1.96 bits per heavy atom. The molecule has 1 saturated heterocycles. The summed E-state index contributed by atoms with van der Waals surface area (Å²) in [6.45, 7) is 14.5. The summed E-state index contributed by atoms with van der Waals surface area (Å²) >= 11 is 7.27. The minimum atomic E-state index is -0.645. The number of halogens is 2. The summed E-state index contributed by atoms with van der Waals surface area (Å²) in [6.07, 6.45) is 4.66. The summed E-state index contributed by atoms with van der Waals surface area (Å²) in [7, 11) is 0. The van der Waals surface area contributed by atoms with Crippen LogP contribution in [0.1, 0.15) is 43.5 Å². The number of H-pyrrole nitrogens is 1. The van der Waals surface area contributed by atoms with Crippen LogP contribution in [0.2, 0.25) is 5.02 Å². The number of hydrogen-bond donors (Lipinski definition) is 2. The van der Waals surface area contributed by atoms with Crippen LogP contribution in [0, 0.1) is 19.7 Å². The van der Waals surface area contributed by atoms with Gasteiger partial charge in [0.2, 0.25) is 5.91 Å². The van der Waals surface area contributed by atoms with Crippen molar-refractivity contribution in [2.24, 2.45) is 0 Å². The summed E-state index contributed by atoms with van der Waals surface area (Å²) in [5, 5.41) is 12.0. The molecule has 10 nitrogen and oxygen atoms in total. The van der Waals surface area contributed by atoms with E-state index in [1.165, 1.54) is 10.6 Å². The van der Waals surface area contributed by atoms with E-state index in [9.17, 15) is 9.59 Å². The fraction of sp³-hybridized carbons (Fsp3) is 0.324. The molecule has 2 N–H and O–H groups in total. The summed E-state index contributed by atoms with van der Waals surface area (Å²) in [5.74, 6) is -0.557. The number of carbonyl (C=O) groups excluding carboxylic acids is 1. The van der Waals surface area contributed by atoms with Crippen LogP contribution in [0.3, 0.4) is 0 Å². The SMILES string of the molecule is C=CC(=O)N1CC2CNc3c(Cl)c(-c4c(C)ccc5[nH]ncc45)c(F)c4c3c(nc(=O)n4-c3c(C)ccnc3C(C)C)N2CC1C. The minimum Gasteiger partial charge on any atom is -0.381 e. The van der Waals surface area contributed by atoms with Gasteiger partial charge in [-0.25, -0.2) is 9.18 Å². The standard InChI is InChI=1S/C34H34ClFN8O2/c1-7-23(45)42-15-20-12-38-30-26-32(28(36)25(27(30)35)24-17(4)8-9-22-21(24)13-39-41-22)44(31-18(5)10-11-37-29(31)16(2)3)34(46)40-33(26)43(20)14-19(42)6/h7-11,13,16,19-20,38H,1,12,14-15H2,2-6H3,(H,39,41). The van der Waals surface area contributed by atoms with E-state index in [1.54, 1.807) is 17.3 Å². The van der Waals surface area contributed by atoms with Crippen LogP contribution in [0.5, 0.6) is 0 Å². The fourth-order valence-corrected chi connectivity index (χ4v) is 7.40. The Morgan fingerprint density at radius 3 is 2.70 bits per heavy atom. The number of aromatic amines is 1. The quantitative estimate of drug-likeness (QED) is 0.236. The van der Waals surface area contributed by atoms with Gasteiger partial charge in [-0.05, 0) is 56.0 Å². The normalized spacial score (nSPS) is 17.7. The number of carbonyl (C=O) groups is 1. The summed E-state index contributed by atoms with van der Waals surface area (Å²) in [6, 6.07) is 5.11. The van der Waals surface area contributed by atoms with Gasteiger partial charge in [0.1, 0.15) is 11.3 Å². The molecule has 0 bridgehead atoms. The zero-order chi connectivity index (χ0) is 32.6. The molecular weight excluding hydrogens is 607 g/mol. The van der Waals surface area contributed by atoms with Crippen molar-refractivity contribution in [3.05, 3.63) is 81.4 Å². The Morgan fingerprint density at radius 1 is 1.17 bits per heavy atom. The van der Waals surface area contributed by atoms with Crippen LogP contribution in [0.25, 0.3) is 38.6 Å². The number of rotatable bonds is 4. The van der Waals surface area contributed by atoms with Crippen LogP contribution < -0.4 is 15.9 Å². The molecule has 2 unspecified atom stereocenters. The zero-order valence-corrected chi connectivity index (χ0v) is 27.0. The van der Waals surface area contributed by atoms with Crippen molar-refractivity contribution >= 4 is 50.8 Å². The van der Waals surface area contributed by atoms with Crippen molar-refractivity contribution < 1.29 is 9.18 Å². The number of nitrogens with one attached hydrogen (secondary N) is 2. The number of aryl methyl sites for hydroxylation is 2. The third-order valence-corrected chi connectivity index (χ3v) is 9.66. The molecule has 2 aliphatic rings. The minimum absolute atomic E-state index is 0.0627. The number of fused-ring (bicyclic) bond motifs is 3. The number of hydrogen-bond acceptors (Lipinski definition) is 7. The highest BCUT2D eigenvalue weighted by Gasteiger charge is 2.39. The van der Waals surface area contributed by atoms with Crippen molar-refractivity contribution in [3.63, 3.8) is 0 Å². The molecule has 5 heterocycles. The van der Waals surface area contributed by atoms with Crippen molar-refractivity contribution in [1.29, 1.82) is 0 Å². The number of amides is 1. The average Bonchev–Trinajstić information content (AvgIpc) is 3.45. The number of nitrogens with zero attached hydrogens (tertiary/aromatic N) is 6. The Bertz CT molecular complexity index is 2160. The van der Waals surface area contributed by atoms with E-state index in [4.69, 9.17) is 11.6 Å². The second kappa shape index (κ2) is 10.9. The Kier molecular flexibility index (Phi) is 7.11. The average molecular weight is 641 g/mol. The van der Waals surface area contributed by atoms with E-state index in [2.05, 4.69) is 32.1 Å². The number of benzene rings is 2. The molecule has 46 heavy (non-hydrogen) atoms. The Balaban J connectivity index is 1.63. The highest BCUT2D eigenvalue weighted by Crippen LogP contribution is 2.49. The van der Waals surface area contributed by atoms with E-state index in [1.807, 2.05) is 57.7 Å². The molecule has 5 aromatic rings. The van der Waals surface area contributed by atoms with Gasteiger partial charge in [0.05, 0.1) is 45.2 Å². The third kappa shape index (κ3) is 4.32. The van der Waals surface area contributed by atoms with Crippen molar-refractivity contribution in [2.45, 2.75) is 52.6 Å². The second-order valence-corrected chi connectivity index (χ2v) is 12.9. The molecule has 0 spiro atoms. The fourth-order valence-electron chi connectivity index (χ4n) is 7.06. The first kappa shape index (κ1) is 29.9. The molecule has 2 aromatic carbocycles. The van der Waals surface area contributed by atoms with Crippen LogP contribution >= 0.6 is 11.6 Å². The Hall–Kier alpha value is -4.77. The maximum absolute atomic E-state index is 17.8. The molecule has 1 amide bonds. The van der Waals surface area contributed by atoms with Gasteiger partial charge in [-0.1, -0.05) is 38.1 Å². The zero-order valence-electron chi connectivity index (χ0n) is 26.3. The molecule has 0 aliphatic carbocycles. The monoisotopic (exact) mass is 640 g/mol. The van der Waals surface area contributed by atoms with Gasteiger partial charge in [0.25, 0.3) is 0 Å². The maximum Gasteiger partial charge on any atom is 0.354 e. The van der Waals surface area contributed by atoms with Crippen LogP contribution in [0.15, 0.2) is 48.0 Å². The first-order chi connectivity index (χ1) is 22.0. The first-order valence-corrected chi connectivity index (χ1v) is 15.7. The number of aromatic nitrogens is 5. The summed E-state index contributed by atoms with van der Waals surface area (Å²) < 4.78 is 19.1. The van der Waals surface area contributed by atoms with E-state index >= 15 is 4.39 Å². The molecule has 0 radical (unpaired) electrons. The lowest BCUT2D eigenvalue weighted by Gasteiger charge is -2.45. The van der Waals surface area contributed by atoms with Crippen LogP contribution in [-0.4, -0.2) is 67.3 Å². The van der Waals surface area contributed by atoms with Crippen LogP contribution in [-0.2, 0) is 4.79 Å². The lowest BCUT2D eigenvalue weighted by Crippen LogP contribution is -2.60. The first-order valence-electron chi connectivity index (χ1n) is 15.3. The molecule has 2 aliphatic heterocycles. The Labute approximate surface area is 269 Å². The molecule has 1 fully saturated rings. The maximum atomic E-state index is 17.8. The van der Waals surface area contributed by atoms with E-state index in [0.29, 0.717) is 58.9 Å². The lowest BCUT2D eigenvalue weighted by atomic mass is 9.94. The predicted molar refractivity (Wildman–Crippen MR) is 180 cm³/mol. The van der Waals surface area contributed by atoms with Gasteiger partial charge in [-0.2, -0.15) is 10.1 Å². The molecule has 236 valence electrons. The van der Waals surface area contributed by atoms with Gasteiger partial charge < -0.3 is 15.1 Å². The smallest absolute Gasteiger partial charge is 0.354 e. The molecule has 0 saturated carbocycles. The topological polar surface area (TPSA) is 112 Å². The van der Waals surface area contributed by atoms with Crippen molar-refractivity contribution in [2.75, 3.05) is 29.9 Å². The van der Waals surface area contributed by atoms with Gasteiger partial charge >= 0.3 is 5.69 Å². The second-order valence-electron chi connectivity index (χ2n) is 12.5. The predicted octanol–water partition coefficient (Wildman–Crippen LogP) is 5.87. The van der Waals surface area contributed by atoms with Gasteiger partial charge in [0.15, 0.2) is 5.82 Å². The molecule has 3 aromatic heterocycles. The van der Waals surface area contributed by atoms with Gasteiger partial charge in [0, 0.05) is 48.4 Å².